The normalized spacial score (nSPS) is 13.0. The lowest BCUT2D eigenvalue weighted by molar-refractivity contribution is -0.122. The van der Waals surface area contributed by atoms with Crippen LogP contribution in [-0.2, 0) is 17.9 Å². The fraction of sp³-hybridized carbons (Fsp3) is 0.261. The van der Waals surface area contributed by atoms with Gasteiger partial charge in [0.2, 0.25) is 5.91 Å². The van der Waals surface area contributed by atoms with Gasteiger partial charge in [-0.15, -0.1) is 0 Å². The first-order valence-electron chi connectivity index (χ1n) is 10.1. The van der Waals surface area contributed by atoms with E-state index in [4.69, 9.17) is 21.1 Å². The third kappa shape index (κ3) is 4.55. The summed E-state index contributed by atoms with van der Waals surface area (Å²) in [6, 6.07) is 14.5. The molecule has 0 fully saturated rings. The Morgan fingerprint density at radius 1 is 1.06 bits per heavy atom. The molecule has 8 nitrogen and oxygen atoms in total. The van der Waals surface area contributed by atoms with Crippen LogP contribution in [0.1, 0.15) is 16.1 Å². The number of nitrogens with zero attached hydrogens (tertiary/aromatic N) is 3. The van der Waals surface area contributed by atoms with Gasteiger partial charge in [-0.1, -0.05) is 29.8 Å². The number of benzene rings is 2. The number of methoxy groups -OCH3 is 2. The van der Waals surface area contributed by atoms with Gasteiger partial charge in [0.25, 0.3) is 5.91 Å². The second kappa shape index (κ2) is 9.32. The van der Waals surface area contributed by atoms with Crippen molar-refractivity contribution in [3.63, 3.8) is 0 Å². The summed E-state index contributed by atoms with van der Waals surface area (Å²) in [4.78, 5) is 26.9. The van der Waals surface area contributed by atoms with Crippen molar-refractivity contribution < 1.29 is 19.1 Å². The lowest BCUT2D eigenvalue weighted by atomic mass is 10.1. The molecule has 2 aromatic carbocycles. The highest BCUT2D eigenvalue weighted by atomic mass is 35.5. The Labute approximate surface area is 190 Å². The van der Waals surface area contributed by atoms with Gasteiger partial charge in [-0.05, 0) is 35.9 Å². The van der Waals surface area contributed by atoms with Gasteiger partial charge in [0.15, 0.2) is 11.5 Å². The maximum absolute atomic E-state index is 12.9. The van der Waals surface area contributed by atoms with Crippen molar-refractivity contribution in [2.24, 2.45) is 0 Å². The molecule has 0 aliphatic carbocycles. The molecule has 1 aliphatic heterocycles. The molecule has 9 heteroatoms. The van der Waals surface area contributed by atoms with Crippen molar-refractivity contribution in [1.82, 2.24) is 20.0 Å². The lowest BCUT2D eigenvalue weighted by Crippen LogP contribution is -2.45. The number of hydrogen-bond donors (Lipinski definition) is 1. The molecule has 1 N–H and O–H groups in total. The van der Waals surface area contributed by atoms with Gasteiger partial charge in [-0.2, -0.15) is 5.10 Å². The third-order valence-electron chi connectivity index (χ3n) is 5.28. The van der Waals surface area contributed by atoms with Gasteiger partial charge in [0.05, 0.1) is 33.0 Å². The predicted molar refractivity (Wildman–Crippen MR) is 120 cm³/mol. The average molecular weight is 455 g/mol. The molecule has 3 aromatic rings. The molecule has 0 radical (unpaired) electrons. The minimum absolute atomic E-state index is 0.0203. The molecular formula is C23H23ClN4O4. The number of hydrogen-bond acceptors (Lipinski definition) is 5. The fourth-order valence-electron chi connectivity index (χ4n) is 3.57. The first kappa shape index (κ1) is 21.7. The van der Waals surface area contributed by atoms with Gasteiger partial charge >= 0.3 is 0 Å². The van der Waals surface area contributed by atoms with Gasteiger partial charge in [-0.3, -0.25) is 14.3 Å². The molecule has 0 bridgehead atoms. The Kier molecular flexibility index (Phi) is 6.32. The van der Waals surface area contributed by atoms with Gasteiger partial charge in [0.1, 0.15) is 5.69 Å². The Hall–Kier alpha value is -3.52. The lowest BCUT2D eigenvalue weighted by Gasteiger charge is -2.26. The molecule has 0 saturated carbocycles. The monoisotopic (exact) mass is 454 g/mol. The first-order chi connectivity index (χ1) is 15.5. The molecule has 1 aromatic heterocycles. The highest BCUT2D eigenvalue weighted by Crippen LogP contribution is 2.27. The summed E-state index contributed by atoms with van der Waals surface area (Å²) in [6.45, 7) is 1.24. The second-order valence-electron chi connectivity index (χ2n) is 7.34. The molecule has 0 saturated heterocycles. The van der Waals surface area contributed by atoms with Crippen LogP contribution in [-0.4, -0.2) is 53.8 Å². The van der Waals surface area contributed by atoms with Crippen molar-refractivity contribution in [2.75, 3.05) is 27.3 Å². The Morgan fingerprint density at radius 3 is 2.53 bits per heavy atom. The standard InChI is InChI=1S/C23H23ClN4O4/c1-31-20-8-3-15(11-21(20)32-2)13-25-22(29)14-27-9-10-28-19(23(27)30)12-18(26-28)16-4-6-17(24)7-5-16/h3-8,11-12H,9-10,13-14H2,1-2H3,(H,25,29). The number of carbonyl (C=O) groups excluding carboxylic acids is 2. The number of amides is 2. The van der Waals surface area contributed by atoms with Crippen LogP contribution in [0.4, 0.5) is 0 Å². The summed E-state index contributed by atoms with van der Waals surface area (Å²) in [6.07, 6.45) is 0. The quantitative estimate of drug-likeness (QED) is 0.593. The van der Waals surface area contributed by atoms with Crippen LogP contribution < -0.4 is 14.8 Å². The van der Waals surface area contributed by atoms with E-state index >= 15 is 0 Å². The number of ether oxygens (including phenoxy) is 2. The van der Waals surface area contributed by atoms with E-state index < -0.39 is 0 Å². The van der Waals surface area contributed by atoms with Crippen LogP contribution in [0.2, 0.25) is 5.02 Å². The van der Waals surface area contributed by atoms with Gasteiger partial charge < -0.3 is 19.7 Å². The number of rotatable bonds is 7. The SMILES string of the molecule is COc1ccc(CNC(=O)CN2CCn3nc(-c4ccc(Cl)cc4)cc3C2=O)cc1OC. The molecule has 1 aliphatic rings. The highest BCUT2D eigenvalue weighted by molar-refractivity contribution is 6.30. The summed E-state index contributed by atoms with van der Waals surface area (Å²) in [5.74, 6) is 0.760. The summed E-state index contributed by atoms with van der Waals surface area (Å²) < 4.78 is 12.2. The van der Waals surface area contributed by atoms with Crippen molar-refractivity contribution in [2.45, 2.75) is 13.1 Å². The van der Waals surface area contributed by atoms with E-state index in [1.165, 1.54) is 4.90 Å². The predicted octanol–water partition coefficient (Wildman–Crippen LogP) is 2.99. The minimum atomic E-state index is -0.237. The molecule has 4 rings (SSSR count). The minimum Gasteiger partial charge on any atom is -0.493 e. The molecule has 0 spiro atoms. The van der Waals surface area contributed by atoms with E-state index in [1.807, 2.05) is 24.3 Å². The smallest absolute Gasteiger partial charge is 0.272 e. The van der Waals surface area contributed by atoms with E-state index in [0.717, 1.165) is 11.1 Å². The molecule has 166 valence electrons. The van der Waals surface area contributed by atoms with Crippen molar-refractivity contribution >= 4 is 23.4 Å². The number of fused-ring (bicyclic) bond motifs is 1. The Bertz CT molecular complexity index is 1140. The van der Waals surface area contributed by atoms with E-state index in [0.29, 0.717) is 47.5 Å². The van der Waals surface area contributed by atoms with E-state index in [-0.39, 0.29) is 18.4 Å². The highest BCUT2D eigenvalue weighted by Gasteiger charge is 2.28. The van der Waals surface area contributed by atoms with Crippen molar-refractivity contribution in [3.05, 3.63) is 64.8 Å². The van der Waals surface area contributed by atoms with E-state index in [9.17, 15) is 9.59 Å². The maximum atomic E-state index is 12.9. The molecule has 0 unspecified atom stereocenters. The van der Waals surface area contributed by atoms with Crippen LogP contribution in [0.25, 0.3) is 11.3 Å². The molecule has 2 amide bonds. The summed E-state index contributed by atoms with van der Waals surface area (Å²) in [7, 11) is 3.13. The first-order valence-corrected chi connectivity index (χ1v) is 10.5. The van der Waals surface area contributed by atoms with Crippen LogP contribution in [0.15, 0.2) is 48.5 Å². The topological polar surface area (TPSA) is 85.7 Å². The molecule has 0 atom stereocenters. The van der Waals surface area contributed by atoms with E-state index in [2.05, 4.69) is 10.4 Å². The van der Waals surface area contributed by atoms with Gasteiger partial charge in [-0.25, -0.2) is 0 Å². The van der Waals surface area contributed by atoms with E-state index in [1.54, 1.807) is 43.2 Å². The van der Waals surface area contributed by atoms with Crippen LogP contribution in [0, 0.1) is 0 Å². The Morgan fingerprint density at radius 2 is 1.81 bits per heavy atom. The zero-order chi connectivity index (χ0) is 22.7. The maximum Gasteiger partial charge on any atom is 0.272 e. The third-order valence-corrected chi connectivity index (χ3v) is 5.53. The summed E-state index contributed by atoms with van der Waals surface area (Å²) in [5, 5.41) is 8.01. The molecule has 32 heavy (non-hydrogen) atoms. The zero-order valence-electron chi connectivity index (χ0n) is 17.8. The second-order valence-corrected chi connectivity index (χ2v) is 7.77. The van der Waals surface area contributed by atoms with Crippen molar-refractivity contribution in [3.8, 4) is 22.8 Å². The number of halogens is 1. The number of aromatic nitrogens is 2. The van der Waals surface area contributed by atoms with Crippen molar-refractivity contribution in [1.29, 1.82) is 0 Å². The molecule has 2 heterocycles. The molecular weight excluding hydrogens is 432 g/mol. The fourth-order valence-corrected chi connectivity index (χ4v) is 3.70. The zero-order valence-corrected chi connectivity index (χ0v) is 18.6. The summed E-state index contributed by atoms with van der Waals surface area (Å²) >= 11 is 5.95. The number of carbonyl (C=O) groups is 2. The summed E-state index contributed by atoms with van der Waals surface area (Å²) in [5.41, 5.74) is 2.91. The number of nitrogens with one attached hydrogen (secondary N) is 1. The average Bonchev–Trinajstić information content (AvgIpc) is 3.25. The van der Waals surface area contributed by atoms with Crippen LogP contribution >= 0.6 is 11.6 Å². The Balaban J connectivity index is 1.38. The van der Waals surface area contributed by atoms with Gasteiger partial charge in [0, 0.05) is 23.7 Å². The van der Waals surface area contributed by atoms with Crippen LogP contribution in [0.5, 0.6) is 11.5 Å². The largest absolute Gasteiger partial charge is 0.493 e. The van der Waals surface area contributed by atoms with Crippen LogP contribution in [0.3, 0.4) is 0 Å².